The van der Waals surface area contributed by atoms with Crippen LogP contribution < -0.4 is 0 Å². The van der Waals surface area contributed by atoms with Gasteiger partial charge < -0.3 is 0 Å². The van der Waals surface area contributed by atoms with Crippen LogP contribution in [-0.2, 0) is 7.05 Å². The zero-order valence-corrected chi connectivity index (χ0v) is 8.21. The molecule has 2 nitrogen and oxygen atoms in total. The van der Waals surface area contributed by atoms with Gasteiger partial charge in [-0.2, -0.15) is 5.10 Å². The van der Waals surface area contributed by atoms with E-state index in [0.717, 1.165) is 16.5 Å². The van der Waals surface area contributed by atoms with Gasteiger partial charge in [-0.05, 0) is 24.6 Å². The largest absolute Gasteiger partial charge is 0.267 e. The van der Waals surface area contributed by atoms with Crippen LogP contribution in [0, 0.1) is 5.82 Å². The summed E-state index contributed by atoms with van der Waals surface area (Å²) in [5.74, 6) is -0.242. The summed E-state index contributed by atoms with van der Waals surface area (Å²) in [6.07, 6.45) is 1.72. The van der Waals surface area contributed by atoms with Gasteiger partial charge in [-0.15, -0.1) is 0 Å². The van der Waals surface area contributed by atoms with Gasteiger partial charge in [-0.3, -0.25) is 4.68 Å². The molecule has 0 amide bonds. The number of nitrogens with zero attached hydrogens (tertiary/aromatic N) is 2. The van der Waals surface area contributed by atoms with Gasteiger partial charge in [0, 0.05) is 18.0 Å². The Balaban J connectivity index is 2.94. The molecule has 0 unspecified atom stereocenters. The third-order valence-corrected chi connectivity index (χ3v) is 2.28. The summed E-state index contributed by atoms with van der Waals surface area (Å²) in [6, 6.07) is 3.18. The molecule has 0 atom stereocenters. The van der Waals surface area contributed by atoms with E-state index in [1.807, 2.05) is 0 Å². The topological polar surface area (TPSA) is 17.8 Å². The second-order valence-corrected chi connectivity index (χ2v) is 3.41. The summed E-state index contributed by atoms with van der Waals surface area (Å²) in [5.41, 5.74) is 2.08. The van der Waals surface area contributed by atoms with Crippen molar-refractivity contribution < 1.29 is 4.39 Å². The molecule has 1 heterocycles. The standard InChI is InChI=1S/C11H11FN2/c1-7(2)10-9(12)5-4-8-6-13-14(3)11(8)10/h4-6H,1H2,2-3H3. The van der Waals surface area contributed by atoms with Gasteiger partial charge >= 0.3 is 0 Å². The first-order valence-electron chi connectivity index (χ1n) is 4.37. The molecule has 2 rings (SSSR count). The van der Waals surface area contributed by atoms with Crippen molar-refractivity contribution in [3.63, 3.8) is 0 Å². The smallest absolute Gasteiger partial charge is 0.132 e. The highest BCUT2D eigenvalue weighted by atomic mass is 19.1. The van der Waals surface area contributed by atoms with Crippen LogP contribution in [0.3, 0.4) is 0 Å². The molecule has 0 radical (unpaired) electrons. The number of hydrogen-bond donors (Lipinski definition) is 0. The van der Waals surface area contributed by atoms with Crippen molar-refractivity contribution in [2.45, 2.75) is 6.92 Å². The minimum Gasteiger partial charge on any atom is -0.267 e. The highest BCUT2D eigenvalue weighted by Gasteiger charge is 2.11. The zero-order chi connectivity index (χ0) is 10.3. The average Bonchev–Trinajstić information content (AvgIpc) is 2.47. The lowest BCUT2D eigenvalue weighted by molar-refractivity contribution is 0.624. The molecule has 0 spiro atoms. The minimum absolute atomic E-state index is 0.242. The van der Waals surface area contributed by atoms with Gasteiger partial charge in [0.1, 0.15) is 5.82 Å². The molecule has 0 N–H and O–H groups in total. The average molecular weight is 190 g/mol. The Morgan fingerprint density at radius 2 is 2.21 bits per heavy atom. The first-order chi connectivity index (χ1) is 6.61. The van der Waals surface area contributed by atoms with Crippen molar-refractivity contribution in [3.8, 4) is 0 Å². The molecule has 0 aliphatic heterocycles. The Bertz CT molecular complexity index is 511. The number of aryl methyl sites for hydroxylation is 1. The fourth-order valence-corrected chi connectivity index (χ4v) is 1.65. The highest BCUT2D eigenvalue weighted by Crippen LogP contribution is 2.26. The van der Waals surface area contributed by atoms with Crippen molar-refractivity contribution in [2.75, 3.05) is 0 Å². The van der Waals surface area contributed by atoms with E-state index in [4.69, 9.17) is 0 Å². The Labute approximate surface area is 81.7 Å². The first kappa shape index (κ1) is 8.94. The predicted molar refractivity (Wildman–Crippen MR) is 55.4 cm³/mol. The van der Waals surface area contributed by atoms with E-state index in [2.05, 4.69) is 11.7 Å². The fourth-order valence-electron chi connectivity index (χ4n) is 1.65. The van der Waals surface area contributed by atoms with E-state index in [1.54, 1.807) is 30.9 Å². The van der Waals surface area contributed by atoms with Gasteiger partial charge in [0.15, 0.2) is 0 Å². The van der Waals surface area contributed by atoms with Crippen LogP contribution in [0.1, 0.15) is 12.5 Å². The van der Waals surface area contributed by atoms with Crippen LogP contribution in [0.25, 0.3) is 16.5 Å². The van der Waals surface area contributed by atoms with Crippen molar-refractivity contribution in [1.29, 1.82) is 0 Å². The van der Waals surface area contributed by atoms with Crippen LogP contribution in [0.2, 0.25) is 0 Å². The first-order valence-corrected chi connectivity index (χ1v) is 4.37. The zero-order valence-electron chi connectivity index (χ0n) is 8.21. The Kier molecular flexibility index (Phi) is 1.88. The maximum Gasteiger partial charge on any atom is 0.132 e. The maximum atomic E-state index is 13.5. The van der Waals surface area contributed by atoms with E-state index in [1.165, 1.54) is 6.07 Å². The van der Waals surface area contributed by atoms with Crippen molar-refractivity contribution >= 4 is 16.5 Å². The summed E-state index contributed by atoms with van der Waals surface area (Å²) < 4.78 is 15.2. The monoisotopic (exact) mass is 190 g/mol. The summed E-state index contributed by atoms with van der Waals surface area (Å²) >= 11 is 0. The van der Waals surface area contributed by atoms with Gasteiger partial charge in [0.05, 0.1) is 11.7 Å². The molecule has 72 valence electrons. The van der Waals surface area contributed by atoms with Gasteiger partial charge in [0.25, 0.3) is 0 Å². The van der Waals surface area contributed by atoms with Crippen molar-refractivity contribution in [2.24, 2.45) is 7.05 Å². The molecule has 3 heteroatoms. The van der Waals surface area contributed by atoms with E-state index in [-0.39, 0.29) is 5.82 Å². The molecule has 0 aliphatic carbocycles. The van der Waals surface area contributed by atoms with Crippen LogP contribution in [0.5, 0.6) is 0 Å². The molecule has 2 aromatic rings. The molecule has 0 aliphatic rings. The lowest BCUT2D eigenvalue weighted by Crippen LogP contribution is -1.95. The molecular formula is C11H11FN2. The number of allylic oxidation sites excluding steroid dienone is 1. The molecule has 0 bridgehead atoms. The van der Waals surface area contributed by atoms with Crippen LogP contribution in [0.4, 0.5) is 4.39 Å². The summed E-state index contributed by atoms with van der Waals surface area (Å²) in [4.78, 5) is 0. The Morgan fingerprint density at radius 3 is 2.86 bits per heavy atom. The van der Waals surface area contributed by atoms with Gasteiger partial charge in [-0.25, -0.2) is 4.39 Å². The van der Waals surface area contributed by atoms with E-state index in [0.29, 0.717) is 5.56 Å². The Hall–Kier alpha value is -1.64. The molecule has 14 heavy (non-hydrogen) atoms. The fraction of sp³-hybridized carbons (Fsp3) is 0.182. The molecule has 1 aromatic carbocycles. The lowest BCUT2D eigenvalue weighted by Gasteiger charge is -2.05. The molecular weight excluding hydrogens is 179 g/mol. The van der Waals surface area contributed by atoms with E-state index in [9.17, 15) is 4.39 Å². The summed E-state index contributed by atoms with van der Waals surface area (Å²) in [5, 5.41) is 5.03. The summed E-state index contributed by atoms with van der Waals surface area (Å²) in [6.45, 7) is 5.57. The predicted octanol–water partition coefficient (Wildman–Crippen LogP) is 2.75. The lowest BCUT2D eigenvalue weighted by atomic mass is 10.1. The minimum atomic E-state index is -0.242. The third kappa shape index (κ3) is 1.13. The molecule has 0 saturated heterocycles. The number of halogens is 1. The van der Waals surface area contributed by atoms with Crippen molar-refractivity contribution in [1.82, 2.24) is 9.78 Å². The van der Waals surface area contributed by atoms with Gasteiger partial charge in [-0.1, -0.05) is 6.58 Å². The number of hydrogen-bond acceptors (Lipinski definition) is 1. The van der Waals surface area contributed by atoms with E-state index >= 15 is 0 Å². The number of benzene rings is 1. The normalized spacial score (nSPS) is 10.8. The molecule has 1 aromatic heterocycles. The van der Waals surface area contributed by atoms with Crippen LogP contribution >= 0.6 is 0 Å². The second kappa shape index (κ2) is 2.94. The van der Waals surface area contributed by atoms with E-state index < -0.39 is 0 Å². The SMILES string of the molecule is C=C(C)c1c(F)ccc2cnn(C)c12. The highest BCUT2D eigenvalue weighted by molar-refractivity contribution is 5.90. The molecule has 0 fully saturated rings. The Morgan fingerprint density at radius 1 is 1.50 bits per heavy atom. The molecule has 0 saturated carbocycles. The third-order valence-electron chi connectivity index (χ3n) is 2.28. The van der Waals surface area contributed by atoms with Gasteiger partial charge in [0.2, 0.25) is 0 Å². The second-order valence-electron chi connectivity index (χ2n) is 3.41. The summed E-state index contributed by atoms with van der Waals surface area (Å²) in [7, 11) is 1.80. The number of aromatic nitrogens is 2. The number of fused-ring (bicyclic) bond motifs is 1. The number of rotatable bonds is 1. The quantitative estimate of drug-likeness (QED) is 0.676. The van der Waals surface area contributed by atoms with Crippen LogP contribution in [-0.4, -0.2) is 9.78 Å². The maximum absolute atomic E-state index is 13.5. The van der Waals surface area contributed by atoms with Crippen LogP contribution in [0.15, 0.2) is 24.9 Å². The van der Waals surface area contributed by atoms with Crippen molar-refractivity contribution in [3.05, 3.63) is 36.3 Å².